The zero-order chi connectivity index (χ0) is 20.1. The molecule has 0 spiro atoms. The number of rotatable bonds is 2. The molecule has 4 aromatic rings. The van der Waals surface area contributed by atoms with Gasteiger partial charge < -0.3 is 19.0 Å². The van der Waals surface area contributed by atoms with Crippen molar-refractivity contribution < 1.29 is 8.81 Å². The molecule has 0 aliphatic carbocycles. The van der Waals surface area contributed by atoms with Crippen LogP contribution in [0, 0.1) is 5.82 Å². The van der Waals surface area contributed by atoms with Gasteiger partial charge in [0, 0.05) is 54.7 Å². The monoisotopic (exact) mass is 392 g/mol. The summed E-state index contributed by atoms with van der Waals surface area (Å²) in [6.45, 7) is 6.11. The Bertz CT molecular complexity index is 1270. The average Bonchev–Trinajstić information content (AvgIpc) is 3.11. The Kier molecular flexibility index (Phi) is 4.13. The van der Waals surface area contributed by atoms with E-state index in [2.05, 4.69) is 29.0 Å². The Morgan fingerprint density at radius 3 is 2.72 bits per heavy atom. The van der Waals surface area contributed by atoms with Gasteiger partial charge >= 0.3 is 5.63 Å². The van der Waals surface area contributed by atoms with Crippen molar-refractivity contribution >= 4 is 22.3 Å². The minimum atomic E-state index is -0.486. The number of fused-ring (bicyclic) bond motifs is 2. The normalized spacial score (nSPS) is 19.9. The summed E-state index contributed by atoms with van der Waals surface area (Å²) >= 11 is 0. The number of anilines is 1. The van der Waals surface area contributed by atoms with Gasteiger partial charge in [0.25, 0.3) is 0 Å². The zero-order valence-corrected chi connectivity index (χ0v) is 16.2. The topological polar surface area (TPSA) is 62.8 Å². The largest absolute Gasteiger partial charge is 0.422 e. The number of pyridine rings is 1. The molecule has 2 atom stereocenters. The van der Waals surface area contributed by atoms with Crippen molar-refractivity contribution in [3.05, 3.63) is 65.0 Å². The van der Waals surface area contributed by atoms with Crippen molar-refractivity contribution in [3.8, 4) is 11.3 Å². The van der Waals surface area contributed by atoms with Gasteiger partial charge in [-0.2, -0.15) is 0 Å². The second-order valence-corrected chi connectivity index (χ2v) is 7.76. The van der Waals surface area contributed by atoms with E-state index < -0.39 is 11.4 Å². The van der Waals surface area contributed by atoms with Crippen molar-refractivity contribution in [2.24, 2.45) is 0 Å². The highest BCUT2D eigenvalue weighted by Crippen LogP contribution is 2.26. The van der Waals surface area contributed by atoms with Crippen LogP contribution in [0.2, 0.25) is 0 Å². The van der Waals surface area contributed by atoms with E-state index >= 15 is 0 Å². The molecule has 29 heavy (non-hydrogen) atoms. The van der Waals surface area contributed by atoms with Crippen molar-refractivity contribution in [1.29, 1.82) is 0 Å². The first-order valence-electron chi connectivity index (χ1n) is 9.70. The molecule has 0 amide bonds. The molecule has 5 rings (SSSR count). The van der Waals surface area contributed by atoms with E-state index in [9.17, 15) is 9.18 Å². The molecule has 7 heteroatoms. The number of hydrogen-bond acceptors (Lipinski definition) is 5. The van der Waals surface area contributed by atoms with Gasteiger partial charge in [0.05, 0.1) is 11.3 Å². The van der Waals surface area contributed by atoms with Crippen LogP contribution in [0.25, 0.3) is 27.9 Å². The van der Waals surface area contributed by atoms with Crippen molar-refractivity contribution in [3.63, 3.8) is 0 Å². The van der Waals surface area contributed by atoms with E-state index in [0.29, 0.717) is 28.9 Å². The molecule has 1 aliphatic rings. The molecular weight excluding hydrogens is 371 g/mol. The van der Waals surface area contributed by atoms with Crippen LogP contribution in [0.4, 0.5) is 10.1 Å². The lowest BCUT2D eigenvalue weighted by atomic mass is 10.1. The van der Waals surface area contributed by atoms with Crippen LogP contribution in [-0.2, 0) is 0 Å². The molecule has 3 aromatic heterocycles. The molecule has 4 heterocycles. The van der Waals surface area contributed by atoms with Gasteiger partial charge in [-0.3, -0.25) is 0 Å². The van der Waals surface area contributed by atoms with E-state index in [1.807, 2.05) is 18.2 Å². The maximum absolute atomic E-state index is 14.0. The number of benzene rings is 1. The number of hydrogen-bond donors (Lipinski definition) is 1. The lowest BCUT2D eigenvalue weighted by Gasteiger charge is -2.37. The SMILES string of the molecule is CC1CN(c2ccc3cc(-c4cn5cccc(F)c5n4)c(=O)oc3c2)CC(C)N1. The first-order valence-corrected chi connectivity index (χ1v) is 9.70. The molecule has 1 aromatic carbocycles. The van der Waals surface area contributed by atoms with Crippen LogP contribution >= 0.6 is 0 Å². The quantitative estimate of drug-likeness (QED) is 0.530. The minimum Gasteiger partial charge on any atom is -0.422 e. The van der Waals surface area contributed by atoms with Crippen LogP contribution < -0.4 is 15.8 Å². The fourth-order valence-corrected chi connectivity index (χ4v) is 4.12. The minimum absolute atomic E-state index is 0.180. The van der Waals surface area contributed by atoms with Gasteiger partial charge in [-0.15, -0.1) is 0 Å². The summed E-state index contributed by atoms with van der Waals surface area (Å²) in [6, 6.07) is 11.4. The average molecular weight is 392 g/mol. The van der Waals surface area contributed by atoms with E-state index in [4.69, 9.17) is 4.42 Å². The molecular formula is C22H21FN4O2. The first-order chi connectivity index (χ1) is 14.0. The van der Waals surface area contributed by atoms with Crippen LogP contribution in [-0.4, -0.2) is 34.6 Å². The Morgan fingerprint density at radius 2 is 1.97 bits per heavy atom. The smallest absolute Gasteiger partial charge is 0.345 e. The number of halogens is 1. The van der Waals surface area contributed by atoms with Crippen LogP contribution in [0.1, 0.15) is 13.8 Å². The number of imidazole rings is 1. The second-order valence-electron chi connectivity index (χ2n) is 7.76. The van der Waals surface area contributed by atoms with Crippen LogP contribution in [0.5, 0.6) is 0 Å². The third kappa shape index (κ3) is 3.17. The molecule has 6 nitrogen and oxygen atoms in total. The number of aromatic nitrogens is 2. The predicted molar refractivity (Wildman–Crippen MR) is 111 cm³/mol. The van der Waals surface area contributed by atoms with Crippen molar-refractivity contribution in [2.45, 2.75) is 25.9 Å². The summed E-state index contributed by atoms with van der Waals surface area (Å²) in [7, 11) is 0. The number of nitrogens with zero attached hydrogens (tertiary/aromatic N) is 3. The second kappa shape index (κ2) is 6.70. The van der Waals surface area contributed by atoms with E-state index in [-0.39, 0.29) is 5.65 Å². The summed E-state index contributed by atoms with van der Waals surface area (Å²) in [5.74, 6) is -0.437. The first kappa shape index (κ1) is 17.9. The molecule has 0 saturated carbocycles. The summed E-state index contributed by atoms with van der Waals surface area (Å²) < 4.78 is 21.1. The van der Waals surface area contributed by atoms with Gasteiger partial charge in [0.1, 0.15) is 5.58 Å². The van der Waals surface area contributed by atoms with Gasteiger partial charge in [-0.1, -0.05) is 0 Å². The summed E-state index contributed by atoms with van der Waals surface area (Å²) in [5, 5.41) is 4.32. The Labute approximate surface area is 166 Å². The summed E-state index contributed by atoms with van der Waals surface area (Å²) in [6.07, 6.45) is 3.33. The molecule has 1 fully saturated rings. The predicted octanol–water partition coefficient (Wildman–Crippen LogP) is 3.43. The van der Waals surface area contributed by atoms with Crippen molar-refractivity contribution in [1.82, 2.24) is 14.7 Å². The Morgan fingerprint density at radius 1 is 1.17 bits per heavy atom. The van der Waals surface area contributed by atoms with Gasteiger partial charge in [-0.05, 0) is 44.2 Å². The van der Waals surface area contributed by atoms with Crippen molar-refractivity contribution in [2.75, 3.05) is 18.0 Å². The maximum Gasteiger partial charge on any atom is 0.345 e. The molecule has 1 saturated heterocycles. The number of piperazine rings is 1. The molecule has 0 radical (unpaired) electrons. The molecule has 0 bridgehead atoms. The standard InChI is InChI=1S/C22H21FN4O2/c1-13-10-27(11-14(2)24-13)16-6-5-15-8-17(22(28)29-20(15)9-16)19-12-26-7-3-4-18(23)21(26)25-19/h3-9,12-14,24H,10-11H2,1-2H3. The Hall–Kier alpha value is -3.19. The lowest BCUT2D eigenvalue weighted by molar-refractivity contribution is 0.407. The third-order valence-corrected chi connectivity index (χ3v) is 5.35. The zero-order valence-electron chi connectivity index (χ0n) is 16.2. The lowest BCUT2D eigenvalue weighted by Crippen LogP contribution is -2.54. The molecule has 1 aliphatic heterocycles. The highest BCUT2D eigenvalue weighted by atomic mass is 19.1. The summed E-state index contributed by atoms with van der Waals surface area (Å²) in [5.41, 5.74) is 1.96. The molecule has 2 unspecified atom stereocenters. The fraction of sp³-hybridized carbons (Fsp3) is 0.273. The highest BCUT2D eigenvalue weighted by Gasteiger charge is 2.22. The number of nitrogens with one attached hydrogen (secondary N) is 1. The van der Waals surface area contributed by atoms with E-state index in [0.717, 1.165) is 24.2 Å². The maximum atomic E-state index is 14.0. The van der Waals surface area contributed by atoms with Gasteiger partial charge in [0.15, 0.2) is 11.5 Å². The van der Waals surface area contributed by atoms with Gasteiger partial charge in [-0.25, -0.2) is 14.2 Å². The fourth-order valence-electron chi connectivity index (χ4n) is 4.12. The highest BCUT2D eigenvalue weighted by molar-refractivity contribution is 5.84. The molecule has 1 N–H and O–H groups in total. The summed E-state index contributed by atoms with van der Waals surface area (Å²) in [4.78, 5) is 19.2. The van der Waals surface area contributed by atoms with E-state index in [1.54, 1.807) is 28.9 Å². The van der Waals surface area contributed by atoms with E-state index in [1.165, 1.54) is 6.07 Å². The molecule has 148 valence electrons. The van der Waals surface area contributed by atoms with Gasteiger partial charge in [0.2, 0.25) is 0 Å². The van der Waals surface area contributed by atoms with Crippen LogP contribution in [0.3, 0.4) is 0 Å². The third-order valence-electron chi connectivity index (χ3n) is 5.35. The Balaban J connectivity index is 1.56. The van der Waals surface area contributed by atoms with Crippen LogP contribution in [0.15, 0.2) is 58.0 Å².